The summed E-state index contributed by atoms with van der Waals surface area (Å²) in [4.78, 5) is 11.5. The highest BCUT2D eigenvalue weighted by atomic mass is 32.2. The lowest BCUT2D eigenvalue weighted by Crippen LogP contribution is -2.32. The van der Waals surface area contributed by atoms with Gasteiger partial charge in [-0.15, -0.1) is 0 Å². The lowest BCUT2D eigenvalue weighted by atomic mass is 9.78. The number of benzene rings is 1. The van der Waals surface area contributed by atoms with E-state index in [1.165, 1.54) is 24.8 Å². The van der Waals surface area contributed by atoms with Crippen LogP contribution in [0.4, 0.5) is 0 Å². The number of hydrogen-bond acceptors (Lipinski definition) is 2. The van der Waals surface area contributed by atoms with Gasteiger partial charge < -0.3 is 5.11 Å². The van der Waals surface area contributed by atoms with Crippen molar-refractivity contribution in [2.24, 2.45) is 5.92 Å². The molecule has 0 saturated heterocycles. The molecule has 0 bridgehead atoms. The van der Waals surface area contributed by atoms with Crippen LogP contribution in [0.5, 0.6) is 0 Å². The Bertz CT molecular complexity index is 432. The van der Waals surface area contributed by atoms with Gasteiger partial charge in [-0.2, -0.15) is 11.8 Å². The molecule has 1 saturated carbocycles. The van der Waals surface area contributed by atoms with Crippen LogP contribution < -0.4 is 0 Å². The van der Waals surface area contributed by atoms with Crippen molar-refractivity contribution < 1.29 is 9.90 Å². The molecule has 116 valence electrons. The molecule has 3 atom stereocenters. The minimum Gasteiger partial charge on any atom is -0.481 e. The third-order valence-corrected chi connectivity index (χ3v) is 5.93. The van der Waals surface area contributed by atoms with Crippen LogP contribution in [0.15, 0.2) is 30.3 Å². The summed E-state index contributed by atoms with van der Waals surface area (Å²) in [7, 11) is 0. The van der Waals surface area contributed by atoms with Crippen molar-refractivity contribution in [2.45, 2.75) is 56.6 Å². The van der Waals surface area contributed by atoms with Crippen molar-refractivity contribution in [1.29, 1.82) is 0 Å². The number of carboxylic acid groups (broad SMARTS) is 1. The van der Waals surface area contributed by atoms with Crippen LogP contribution in [0.25, 0.3) is 0 Å². The van der Waals surface area contributed by atoms with E-state index < -0.39 is 5.97 Å². The van der Waals surface area contributed by atoms with Crippen LogP contribution in [0.2, 0.25) is 0 Å². The predicted octanol–water partition coefficient (Wildman–Crippen LogP) is 4.95. The largest absolute Gasteiger partial charge is 0.481 e. The van der Waals surface area contributed by atoms with Crippen LogP contribution in [-0.2, 0) is 4.79 Å². The maximum atomic E-state index is 11.5. The number of unbranched alkanes of at least 4 members (excludes halogenated alkanes) is 2. The van der Waals surface area contributed by atoms with Crippen LogP contribution in [0.3, 0.4) is 0 Å². The van der Waals surface area contributed by atoms with Crippen LogP contribution in [0.1, 0.15) is 56.9 Å². The third kappa shape index (κ3) is 4.77. The first-order chi connectivity index (χ1) is 10.2. The van der Waals surface area contributed by atoms with Gasteiger partial charge in [-0.25, -0.2) is 0 Å². The minimum atomic E-state index is -0.602. The first-order valence-electron chi connectivity index (χ1n) is 8.11. The molecule has 1 aromatic carbocycles. The topological polar surface area (TPSA) is 37.3 Å². The van der Waals surface area contributed by atoms with Crippen molar-refractivity contribution in [2.75, 3.05) is 5.75 Å². The van der Waals surface area contributed by atoms with E-state index in [0.717, 1.165) is 25.0 Å². The molecule has 0 radical (unpaired) electrons. The lowest BCUT2D eigenvalue weighted by molar-refractivity contribution is -0.142. The Labute approximate surface area is 132 Å². The van der Waals surface area contributed by atoms with Gasteiger partial charge in [-0.1, -0.05) is 50.1 Å². The summed E-state index contributed by atoms with van der Waals surface area (Å²) in [6.07, 6.45) is 6.52. The van der Waals surface area contributed by atoms with E-state index in [9.17, 15) is 9.90 Å². The third-order valence-electron chi connectivity index (χ3n) is 4.46. The van der Waals surface area contributed by atoms with Gasteiger partial charge in [0.1, 0.15) is 0 Å². The average Bonchev–Trinajstić information content (AvgIpc) is 2.52. The van der Waals surface area contributed by atoms with Crippen molar-refractivity contribution in [3.63, 3.8) is 0 Å². The van der Waals surface area contributed by atoms with Gasteiger partial charge in [0.05, 0.1) is 5.92 Å². The van der Waals surface area contributed by atoms with Crippen LogP contribution >= 0.6 is 11.8 Å². The molecule has 0 aliphatic heterocycles. The monoisotopic (exact) mass is 306 g/mol. The van der Waals surface area contributed by atoms with Gasteiger partial charge in [0.25, 0.3) is 0 Å². The van der Waals surface area contributed by atoms with Gasteiger partial charge in [0.2, 0.25) is 0 Å². The lowest BCUT2D eigenvalue weighted by Gasteiger charge is -2.34. The Morgan fingerprint density at radius 1 is 1.24 bits per heavy atom. The first-order valence-corrected chi connectivity index (χ1v) is 9.16. The molecule has 1 aliphatic carbocycles. The normalized spacial score (nSPS) is 25.7. The smallest absolute Gasteiger partial charge is 0.307 e. The molecule has 2 nitrogen and oxygen atoms in total. The second-order valence-electron chi connectivity index (χ2n) is 5.98. The van der Waals surface area contributed by atoms with Gasteiger partial charge in [0.15, 0.2) is 0 Å². The van der Waals surface area contributed by atoms with E-state index in [4.69, 9.17) is 0 Å². The van der Waals surface area contributed by atoms with E-state index in [1.807, 2.05) is 17.8 Å². The zero-order valence-electron chi connectivity index (χ0n) is 12.8. The molecule has 0 aromatic heterocycles. The fraction of sp³-hybridized carbons (Fsp3) is 0.611. The highest BCUT2D eigenvalue weighted by molar-refractivity contribution is 7.99. The van der Waals surface area contributed by atoms with E-state index in [1.54, 1.807) is 0 Å². The Kier molecular flexibility index (Phi) is 6.62. The number of carboxylic acids is 1. The number of thioether (sulfide) groups is 1. The molecule has 21 heavy (non-hydrogen) atoms. The fourth-order valence-electron chi connectivity index (χ4n) is 3.21. The summed E-state index contributed by atoms with van der Waals surface area (Å²) < 4.78 is 0. The summed E-state index contributed by atoms with van der Waals surface area (Å²) in [5.41, 5.74) is 1.38. The minimum absolute atomic E-state index is 0.156. The summed E-state index contributed by atoms with van der Waals surface area (Å²) >= 11 is 1.89. The average molecular weight is 306 g/mol. The molecule has 1 fully saturated rings. The standard InChI is InChI=1S/C18H26O2S/c1-2-3-7-12-21-17-13-15(10-11-16(17)18(19)20)14-8-5-4-6-9-14/h4-6,8-9,15-17H,2-3,7,10-13H2,1H3,(H,19,20). The van der Waals surface area contributed by atoms with Gasteiger partial charge >= 0.3 is 5.97 Å². The summed E-state index contributed by atoms with van der Waals surface area (Å²) in [5.74, 6) is 0.876. The van der Waals surface area contributed by atoms with Crippen molar-refractivity contribution in [3.05, 3.63) is 35.9 Å². The SMILES string of the molecule is CCCCCSC1CC(c2ccccc2)CCC1C(=O)O. The summed E-state index contributed by atoms with van der Waals surface area (Å²) in [5, 5.41) is 9.73. The highest BCUT2D eigenvalue weighted by Crippen LogP contribution is 2.41. The summed E-state index contributed by atoms with van der Waals surface area (Å²) in [6, 6.07) is 10.6. The highest BCUT2D eigenvalue weighted by Gasteiger charge is 2.35. The summed E-state index contributed by atoms with van der Waals surface area (Å²) in [6.45, 7) is 2.21. The molecule has 1 aromatic rings. The molecular formula is C18H26O2S. The van der Waals surface area contributed by atoms with Crippen molar-refractivity contribution >= 4 is 17.7 Å². The number of hydrogen-bond donors (Lipinski definition) is 1. The predicted molar refractivity (Wildman–Crippen MR) is 89.9 cm³/mol. The van der Waals surface area contributed by atoms with E-state index in [0.29, 0.717) is 5.92 Å². The number of rotatable bonds is 7. The second-order valence-corrected chi connectivity index (χ2v) is 7.33. The second kappa shape index (κ2) is 8.47. The quantitative estimate of drug-likeness (QED) is 0.724. The van der Waals surface area contributed by atoms with E-state index in [-0.39, 0.29) is 11.2 Å². The van der Waals surface area contributed by atoms with Crippen LogP contribution in [-0.4, -0.2) is 22.1 Å². The Balaban J connectivity index is 1.96. The molecule has 0 heterocycles. The van der Waals surface area contributed by atoms with E-state index >= 15 is 0 Å². The number of aliphatic carboxylic acids is 1. The van der Waals surface area contributed by atoms with Crippen molar-refractivity contribution in [1.82, 2.24) is 0 Å². The molecule has 2 rings (SSSR count). The molecule has 3 unspecified atom stereocenters. The first kappa shape index (κ1) is 16.4. The molecule has 1 aliphatic rings. The maximum absolute atomic E-state index is 11.5. The van der Waals surface area contributed by atoms with Crippen molar-refractivity contribution in [3.8, 4) is 0 Å². The van der Waals surface area contributed by atoms with Gasteiger partial charge in [0, 0.05) is 5.25 Å². The van der Waals surface area contributed by atoms with E-state index in [2.05, 4.69) is 31.2 Å². The Morgan fingerprint density at radius 3 is 2.67 bits per heavy atom. The molecule has 0 spiro atoms. The molecule has 0 amide bonds. The zero-order chi connectivity index (χ0) is 15.1. The van der Waals surface area contributed by atoms with Gasteiger partial charge in [-0.3, -0.25) is 4.79 Å². The zero-order valence-corrected chi connectivity index (χ0v) is 13.6. The molecule has 1 N–H and O–H groups in total. The van der Waals surface area contributed by atoms with Gasteiger partial charge in [-0.05, 0) is 42.9 Å². The number of carbonyl (C=O) groups is 1. The maximum Gasteiger partial charge on any atom is 0.307 e. The van der Waals surface area contributed by atoms with Crippen LogP contribution in [0, 0.1) is 5.92 Å². The molecular weight excluding hydrogens is 280 g/mol. The Hall–Kier alpha value is -0.960. The Morgan fingerprint density at radius 2 is 2.00 bits per heavy atom. The fourth-order valence-corrected chi connectivity index (χ4v) is 4.74. The molecule has 3 heteroatoms.